The molecule has 2 aromatic rings. The van der Waals surface area contributed by atoms with Gasteiger partial charge in [-0.25, -0.2) is 4.98 Å². The smallest absolute Gasteiger partial charge is 0.180 e. The van der Waals surface area contributed by atoms with Crippen LogP contribution in [0.5, 0.6) is 0 Å². The minimum absolute atomic E-state index is 0.627. The van der Waals surface area contributed by atoms with Gasteiger partial charge in [-0.05, 0) is 13.1 Å². The van der Waals surface area contributed by atoms with Crippen molar-refractivity contribution in [3.63, 3.8) is 0 Å². The average Bonchev–Trinajstić information content (AvgIpc) is 2.77. The van der Waals surface area contributed by atoms with Gasteiger partial charge in [-0.2, -0.15) is 0 Å². The fourth-order valence-corrected chi connectivity index (χ4v) is 2.18. The highest BCUT2D eigenvalue weighted by Gasteiger charge is 2.05. The number of anilines is 1. The molecule has 0 unspecified atom stereocenters. The molecule has 0 spiro atoms. The van der Waals surface area contributed by atoms with E-state index in [1.54, 1.807) is 12.5 Å². The fraction of sp³-hybridized carbons (Fsp3) is 0.300. The minimum atomic E-state index is 0.627. The van der Waals surface area contributed by atoms with E-state index >= 15 is 0 Å². The maximum Gasteiger partial charge on any atom is 0.180 e. The van der Waals surface area contributed by atoms with Crippen molar-refractivity contribution in [1.82, 2.24) is 9.88 Å². The molecule has 0 atom stereocenters. The van der Waals surface area contributed by atoms with Crippen molar-refractivity contribution in [1.29, 1.82) is 0 Å². The van der Waals surface area contributed by atoms with E-state index in [0.29, 0.717) is 5.13 Å². The highest BCUT2D eigenvalue weighted by atomic mass is 32.1. The second-order valence-electron chi connectivity index (χ2n) is 3.47. The molecule has 0 aromatic carbocycles. The van der Waals surface area contributed by atoms with Crippen molar-refractivity contribution < 1.29 is 4.42 Å². The van der Waals surface area contributed by atoms with Crippen molar-refractivity contribution in [2.75, 3.05) is 12.8 Å². The zero-order chi connectivity index (χ0) is 10.7. The molecule has 0 aliphatic rings. The van der Waals surface area contributed by atoms with Crippen LogP contribution < -0.4 is 5.73 Å². The Morgan fingerprint density at radius 3 is 3.00 bits per heavy atom. The van der Waals surface area contributed by atoms with E-state index < -0.39 is 0 Å². The molecular weight excluding hydrogens is 210 g/mol. The lowest BCUT2D eigenvalue weighted by atomic mass is 10.3. The van der Waals surface area contributed by atoms with E-state index in [1.807, 2.05) is 12.3 Å². The van der Waals surface area contributed by atoms with Gasteiger partial charge in [0.25, 0.3) is 0 Å². The highest BCUT2D eigenvalue weighted by Crippen LogP contribution is 2.16. The Hall–Kier alpha value is -1.33. The molecule has 0 fully saturated rings. The quantitative estimate of drug-likeness (QED) is 0.860. The summed E-state index contributed by atoms with van der Waals surface area (Å²) in [4.78, 5) is 7.39. The summed E-state index contributed by atoms with van der Waals surface area (Å²) in [5, 5.41) is 0.627. The molecule has 15 heavy (non-hydrogen) atoms. The summed E-state index contributed by atoms with van der Waals surface area (Å²) >= 11 is 1.53. The van der Waals surface area contributed by atoms with Gasteiger partial charge < -0.3 is 10.2 Å². The predicted molar refractivity (Wildman–Crippen MR) is 60.4 cm³/mol. The number of furan rings is 1. The monoisotopic (exact) mass is 223 g/mol. The molecule has 80 valence electrons. The van der Waals surface area contributed by atoms with Crippen LogP contribution in [0.1, 0.15) is 10.4 Å². The zero-order valence-electron chi connectivity index (χ0n) is 8.51. The number of thiazole rings is 1. The number of nitrogens with zero attached hydrogens (tertiary/aromatic N) is 2. The third-order valence-electron chi connectivity index (χ3n) is 2.03. The van der Waals surface area contributed by atoms with E-state index in [4.69, 9.17) is 10.2 Å². The molecule has 0 radical (unpaired) electrons. The second kappa shape index (κ2) is 4.46. The zero-order valence-corrected chi connectivity index (χ0v) is 9.33. The molecule has 5 heteroatoms. The van der Waals surface area contributed by atoms with Gasteiger partial charge in [0.1, 0.15) is 0 Å². The van der Waals surface area contributed by atoms with Crippen LogP contribution in [0.4, 0.5) is 5.13 Å². The standard InChI is InChI=1S/C10H13N3OS/c1-13(5-8-2-3-14-7-8)6-9-4-12-10(11)15-9/h2-4,7H,5-6H2,1H3,(H2,11,12). The van der Waals surface area contributed by atoms with Gasteiger partial charge in [-0.15, -0.1) is 11.3 Å². The molecule has 2 aromatic heterocycles. The first-order valence-electron chi connectivity index (χ1n) is 4.64. The first-order chi connectivity index (χ1) is 7.24. The van der Waals surface area contributed by atoms with Crippen molar-refractivity contribution in [3.8, 4) is 0 Å². The van der Waals surface area contributed by atoms with E-state index in [-0.39, 0.29) is 0 Å². The van der Waals surface area contributed by atoms with Crippen molar-refractivity contribution in [3.05, 3.63) is 35.2 Å². The lowest BCUT2D eigenvalue weighted by molar-refractivity contribution is 0.320. The van der Waals surface area contributed by atoms with Crippen LogP contribution in [-0.4, -0.2) is 16.9 Å². The Morgan fingerprint density at radius 2 is 2.40 bits per heavy atom. The van der Waals surface area contributed by atoms with Gasteiger partial charge in [-0.3, -0.25) is 4.90 Å². The molecular formula is C10H13N3OS. The number of hydrogen-bond donors (Lipinski definition) is 1. The van der Waals surface area contributed by atoms with Crippen LogP contribution in [0.2, 0.25) is 0 Å². The Labute approximate surface area is 92.3 Å². The molecule has 0 saturated heterocycles. The first kappa shape index (κ1) is 10.2. The summed E-state index contributed by atoms with van der Waals surface area (Å²) in [6, 6.07) is 1.97. The third-order valence-corrected chi connectivity index (χ3v) is 2.84. The summed E-state index contributed by atoms with van der Waals surface area (Å²) in [6.07, 6.45) is 5.28. The molecule has 2 heterocycles. The Kier molecular flexibility index (Phi) is 3.03. The Balaban J connectivity index is 1.90. The van der Waals surface area contributed by atoms with Gasteiger partial charge in [0.2, 0.25) is 0 Å². The fourth-order valence-electron chi connectivity index (χ4n) is 1.41. The highest BCUT2D eigenvalue weighted by molar-refractivity contribution is 7.15. The summed E-state index contributed by atoms with van der Waals surface area (Å²) in [7, 11) is 2.06. The number of nitrogens with two attached hydrogens (primary N) is 1. The Bertz CT molecular complexity index is 410. The third kappa shape index (κ3) is 2.81. The molecule has 2 rings (SSSR count). The van der Waals surface area contributed by atoms with Gasteiger partial charge in [0.15, 0.2) is 5.13 Å². The summed E-state index contributed by atoms with van der Waals surface area (Å²) in [5.74, 6) is 0. The largest absolute Gasteiger partial charge is 0.472 e. The lowest BCUT2D eigenvalue weighted by Gasteiger charge is -2.13. The Morgan fingerprint density at radius 1 is 1.53 bits per heavy atom. The first-order valence-corrected chi connectivity index (χ1v) is 5.45. The van der Waals surface area contributed by atoms with Crippen molar-refractivity contribution in [2.24, 2.45) is 0 Å². The number of hydrogen-bond acceptors (Lipinski definition) is 5. The molecule has 0 amide bonds. The second-order valence-corrected chi connectivity index (χ2v) is 4.62. The maximum absolute atomic E-state index is 5.56. The summed E-state index contributed by atoms with van der Waals surface area (Å²) in [6.45, 7) is 1.73. The van der Waals surface area contributed by atoms with Gasteiger partial charge in [0, 0.05) is 29.7 Å². The summed E-state index contributed by atoms with van der Waals surface area (Å²) in [5.41, 5.74) is 6.74. The molecule has 0 aliphatic heterocycles. The molecule has 0 saturated carbocycles. The van der Waals surface area contributed by atoms with Crippen LogP contribution in [0.25, 0.3) is 0 Å². The molecule has 2 N–H and O–H groups in total. The minimum Gasteiger partial charge on any atom is -0.472 e. The number of rotatable bonds is 4. The van der Waals surface area contributed by atoms with Crippen LogP contribution in [0.15, 0.2) is 29.2 Å². The molecule has 0 aliphatic carbocycles. The normalized spacial score (nSPS) is 11.1. The SMILES string of the molecule is CN(Cc1ccoc1)Cc1cnc(N)s1. The van der Waals surface area contributed by atoms with Crippen molar-refractivity contribution in [2.45, 2.75) is 13.1 Å². The van der Waals surface area contributed by atoms with Crippen LogP contribution in [0.3, 0.4) is 0 Å². The number of nitrogen functional groups attached to an aromatic ring is 1. The van der Waals surface area contributed by atoms with Gasteiger partial charge >= 0.3 is 0 Å². The average molecular weight is 223 g/mol. The molecule has 4 nitrogen and oxygen atoms in total. The topological polar surface area (TPSA) is 55.3 Å². The van der Waals surface area contributed by atoms with E-state index in [9.17, 15) is 0 Å². The predicted octanol–water partition coefficient (Wildman–Crippen LogP) is 1.95. The van der Waals surface area contributed by atoms with Gasteiger partial charge in [0.05, 0.1) is 12.5 Å². The van der Waals surface area contributed by atoms with Crippen LogP contribution in [0, 0.1) is 0 Å². The van der Waals surface area contributed by atoms with Crippen LogP contribution in [-0.2, 0) is 13.1 Å². The van der Waals surface area contributed by atoms with E-state index in [2.05, 4.69) is 16.9 Å². The van der Waals surface area contributed by atoms with Crippen molar-refractivity contribution >= 4 is 16.5 Å². The summed E-state index contributed by atoms with van der Waals surface area (Å²) < 4.78 is 5.01. The van der Waals surface area contributed by atoms with E-state index in [0.717, 1.165) is 13.1 Å². The maximum atomic E-state index is 5.56. The van der Waals surface area contributed by atoms with Gasteiger partial charge in [-0.1, -0.05) is 0 Å². The van der Waals surface area contributed by atoms with E-state index in [1.165, 1.54) is 21.8 Å². The molecule has 0 bridgehead atoms. The lowest BCUT2D eigenvalue weighted by Crippen LogP contribution is -2.15. The van der Waals surface area contributed by atoms with Crippen LogP contribution >= 0.6 is 11.3 Å². The number of aromatic nitrogens is 1.